The number of aliphatic imine (C=N–C) groups is 1. The molecule has 0 bridgehead atoms. The lowest BCUT2D eigenvalue weighted by Crippen LogP contribution is -2.02. The standard InChI is InChI=1S/C23H16BrN/c24-21-13-11-17-12-14-22(16-20(17)15-21)25-23(18-7-3-1-4-8-18)19-9-5-2-6-10-19/h1-16H. The summed E-state index contributed by atoms with van der Waals surface area (Å²) in [5, 5.41) is 2.39. The summed E-state index contributed by atoms with van der Waals surface area (Å²) in [6.45, 7) is 0. The fourth-order valence-electron chi connectivity index (χ4n) is 2.89. The predicted molar refractivity (Wildman–Crippen MR) is 110 cm³/mol. The minimum atomic E-state index is 0.952. The third-order valence-electron chi connectivity index (χ3n) is 4.12. The lowest BCUT2D eigenvalue weighted by molar-refractivity contribution is 1.48. The molecule has 1 nitrogen and oxygen atoms in total. The summed E-state index contributed by atoms with van der Waals surface area (Å²) < 4.78 is 1.08. The number of hydrogen-bond acceptors (Lipinski definition) is 1. The first-order chi connectivity index (χ1) is 12.3. The van der Waals surface area contributed by atoms with Gasteiger partial charge in [0.05, 0.1) is 11.4 Å². The molecule has 4 aromatic carbocycles. The van der Waals surface area contributed by atoms with Crippen molar-refractivity contribution in [3.8, 4) is 0 Å². The predicted octanol–water partition coefficient (Wildman–Crippen LogP) is 6.77. The van der Waals surface area contributed by atoms with E-state index in [-0.39, 0.29) is 0 Å². The van der Waals surface area contributed by atoms with Crippen molar-refractivity contribution in [1.82, 2.24) is 0 Å². The summed E-state index contributed by atoms with van der Waals surface area (Å²) in [6, 6.07) is 33.3. The van der Waals surface area contributed by atoms with Crippen molar-refractivity contribution in [2.75, 3.05) is 0 Å². The van der Waals surface area contributed by atoms with E-state index in [0.717, 1.165) is 27.0 Å². The van der Waals surface area contributed by atoms with E-state index in [1.165, 1.54) is 10.8 Å². The smallest absolute Gasteiger partial charge is 0.0781 e. The van der Waals surface area contributed by atoms with Gasteiger partial charge in [-0.05, 0) is 35.0 Å². The van der Waals surface area contributed by atoms with Crippen LogP contribution in [0.4, 0.5) is 5.69 Å². The number of fused-ring (bicyclic) bond motifs is 1. The highest BCUT2D eigenvalue weighted by Gasteiger charge is 2.07. The molecule has 0 radical (unpaired) electrons. The van der Waals surface area contributed by atoms with Crippen LogP contribution < -0.4 is 0 Å². The Kier molecular flexibility index (Phi) is 4.45. The molecular weight excluding hydrogens is 370 g/mol. The average Bonchev–Trinajstić information content (AvgIpc) is 2.67. The van der Waals surface area contributed by atoms with E-state index in [4.69, 9.17) is 4.99 Å². The fourth-order valence-corrected chi connectivity index (χ4v) is 3.27. The SMILES string of the molecule is Brc1ccc2ccc(N=C(c3ccccc3)c3ccccc3)cc2c1. The van der Waals surface area contributed by atoms with E-state index in [2.05, 4.69) is 76.6 Å². The second-order valence-electron chi connectivity index (χ2n) is 5.87. The van der Waals surface area contributed by atoms with Gasteiger partial charge in [0.25, 0.3) is 0 Å². The van der Waals surface area contributed by atoms with E-state index in [1.54, 1.807) is 0 Å². The summed E-state index contributed by atoms with van der Waals surface area (Å²) in [7, 11) is 0. The number of hydrogen-bond donors (Lipinski definition) is 0. The molecule has 120 valence electrons. The Morgan fingerprint density at radius 2 is 1.20 bits per heavy atom. The maximum Gasteiger partial charge on any atom is 0.0781 e. The topological polar surface area (TPSA) is 12.4 Å². The Bertz CT molecular complexity index is 996. The molecule has 0 saturated heterocycles. The Hall–Kier alpha value is -2.71. The van der Waals surface area contributed by atoms with E-state index in [9.17, 15) is 0 Å². The first-order valence-electron chi connectivity index (χ1n) is 8.18. The number of halogens is 1. The van der Waals surface area contributed by atoms with E-state index in [1.807, 2.05) is 36.4 Å². The maximum atomic E-state index is 4.98. The highest BCUT2D eigenvalue weighted by Crippen LogP contribution is 2.26. The molecule has 0 aliphatic rings. The molecule has 0 N–H and O–H groups in total. The van der Waals surface area contributed by atoms with Gasteiger partial charge >= 0.3 is 0 Å². The Morgan fingerprint density at radius 1 is 0.600 bits per heavy atom. The molecule has 0 heterocycles. The molecule has 4 rings (SSSR count). The van der Waals surface area contributed by atoms with Gasteiger partial charge < -0.3 is 0 Å². The largest absolute Gasteiger partial charge is 0.248 e. The van der Waals surface area contributed by atoms with Crippen molar-refractivity contribution in [2.24, 2.45) is 4.99 Å². The molecular formula is C23H16BrN. The second kappa shape index (κ2) is 7.04. The quantitative estimate of drug-likeness (QED) is 0.345. The maximum absolute atomic E-state index is 4.98. The van der Waals surface area contributed by atoms with Crippen molar-refractivity contribution in [3.05, 3.63) is 113 Å². The fraction of sp³-hybridized carbons (Fsp3) is 0. The van der Waals surface area contributed by atoms with Gasteiger partial charge in [-0.3, -0.25) is 0 Å². The van der Waals surface area contributed by atoms with E-state index >= 15 is 0 Å². The van der Waals surface area contributed by atoms with Crippen LogP contribution in [0.5, 0.6) is 0 Å². The molecule has 0 aliphatic carbocycles. The summed E-state index contributed by atoms with van der Waals surface area (Å²) in [5.41, 5.74) is 4.16. The van der Waals surface area contributed by atoms with Crippen LogP contribution in [0.15, 0.2) is 107 Å². The zero-order valence-electron chi connectivity index (χ0n) is 13.6. The minimum absolute atomic E-state index is 0.952. The Balaban J connectivity index is 1.87. The molecule has 0 fully saturated rings. The van der Waals surface area contributed by atoms with Crippen molar-refractivity contribution in [2.45, 2.75) is 0 Å². The summed E-state index contributed by atoms with van der Waals surface area (Å²) >= 11 is 3.55. The molecule has 25 heavy (non-hydrogen) atoms. The molecule has 0 amide bonds. The third kappa shape index (κ3) is 3.54. The van der Waals surface area contributed by atoms with Crippen LogP contribution in [0.3, 0.4) is 0 Å². The first kappa shape index (κ1) is 15.8. The van der Waals surface area contributed by atoms with Gasteiger partial charge in [0.15, 0.2) is 0 Å². The van der Waals surface area contributed by atoms with Crippen LogP contribution in [0.1, 0.15) is 11.1 Å². The Morgan fingerprint density at radius 3 is 1.84 bits per heavy atom. The van der Waals surface area contributed by atoms with Gasteiger partial charge in [0.1, 0.15) is 0 Å². The van der Waals surface area contributed by atoms with Crippen LogP contribution in [-0.2, 0) is 0 Å². The molecule has 0 aromatic heterocycles. The van der Waals surface area contributed by atoms with Gasteiger partial charge in [-0.1, -0.05) is 88.7 Å². The molecule has 0 unspecified atom stereocenters. The molecule has 2 heteroatoms. The van der Waals surface area contributed by atoms with Gasteiger partial charge in [0.2, 0.25) is 0 Å². The van der Waals surface area contributed by atoms with Crippen molar-refractivity contribution in [3.63, 3.8) is 0 Å². The summed E-state index contributed by atoms with van der Waals surface area (Å²) in [4.78, 5) is 4.98. The highest BCUT2D eigenvalue weighted by atomic mass is 79.9. The van der Waals surface area contributed by atoms with Crippen LogP contribution in [-0.4, -0.2) is 5.71 Å². The second-order valence-corrected chi connectivity index (χ2v) is 6.78. The molecule has 0 aliphatic heterocycles. The summed E-state index contributed by atoms with van der Waals surface area (Å²) in [5.74, 6) is 0. The lowest BCUT2D eigenvalue weighted by atomic mass is 10.0. The average molecular weight is 386 g/mol. The van der Waals surface area contributed by atoms with Crippen LogP contribution in [0.2, 0.25) is 0 Å². The van der Waals surface area contributed by atoms with Gasteiger partial charge in [-0.15, -0.1) is 0 Å². The molecule has 4 aromatic rings. The number of rotatable bonds is 3. The molecule has 0 saturated carbocycles. The van der Waals surface area contributed by atoms with Gasteiger partial charge in [0, 0.05) is 15.6 Å². The molecule has 0 spiro atoms. The third-order valence-corrected chi connectivity index (χ3v) is 4.61. The zero-order chi connectivity index (χ0) is 17.1. The molecule has 0 atom stereocenters. The monoisotopic (exact) mass is 385 g/mol. The zero-order valence-corrected chi connectivity index (χ0v) is 15.1. The summed E-state index contributed by atoms with van der Waals surface area (Å²) in [6.07, 6.45) is 0. The van der Waals surface area contributed by atoms with Crippen LogP contribution in [0.25, 0.3) is 10.8 Å². The van der Waals surface area contributed by atoms with Crippen LogP contribution >= 0.6 is 15.9 Å². The number of nitrogens with zero attached hydrogens (tertiary/aromatic N) is 1. The highest BCUT2D eigenvalue weighted by molar-refractivity contribution is 9.10. The van der Waals surface area contributed by atoms with Gasteiger partial charge in [-0.25, -0.2) is 4.99 Å². The van der Waals surface area contributed by atoms with Gasteiger partial charge in [-0.2, -0.15) is 0 Å². The number of benzene rings is 4. The van der Waals surface area contributed by atoms with E-state index in [0.29, 0.717) is 0 Å². The van der Waals surface area contributed by atoms with Crippen molar-refractivity contribution >= 4 is 38.1 Å². The first-order valence-corrected chi connectivity index (χ1v) is 8.98. The van der Waals surface area contributed by atoms with E-state index < -0.39 is 0 Å². The Labute approximate surface area is 155 Å². The van der Waals surface area contributed by atoms with Crippen LogP contribution in [0, 0.1) is 0 Å². The van der Waals surface area contributed by atoms with Crippen molar-refractivity contribution in [1.29, 1.82) is 0 Å². The lowest BCUT2D eigenvalue weighted by Gasteiger charge is -2.08. The van der Waals surface area contributed by atoms with Crippen molar-refractivity contribution < 1.29 is 0 Å². The minimum Gasteiger partial charge on any atom is -0.248 e. The normalized spacial score (nSPS) is 10.6.